The molecule has 3 heterocycles. The molecule has 25 heavy (non-hydrogen) atoms. The van der Waals surface area contributed by atoms with Crippen LogP contribution >= 0.6 is 0 Å². The second-order valence-electron chi connectivity index (χ2n) is 6.59. The molecule has 0 spiro atoms. The van der Waals surface area contributed by atoms with Crippen molar-refractivity contribution in [1.82, 2.24) is 18.8 Å². The largest absolute Gasteiger partial charge is 0.339 e. The van der Waals surface area contributed by atoms with E-state index in [1.807, 2.05) is 30.5 Å². The van der Waals surface area contributed by atoms with Gasteiger partial charge in [-0.2, -0.15) is 4.31 Å². The molecule has 1 aliphatic heterocycles. The van der Waals surface area contributed by atoms with E-state index in [1.165, 1.54) is 11.9 Å². The topological polar surface area (TPSA) is 68.1 Å². The van der Waals surface area contributed by atoms with E-state index in [1.54, 1.807) is 22.1 Å². The van der Waals surface area contributed by atoms with Gasteiger partial charge < -0.3 is 4.57 Å². The number of hydrogen-bond acceptors (Lipinski definition) is 4. The van der Waals surface area contributed by atoms with Crippen molar-refractivity contribution < 1.29 is 8.42 Å². The second kappa shape index (κ2) is 6.24. The first kappa shape index (κ1) is 16.2. The van der Waals surface area contributed by atoms with Crippen LogP contribution in [0.1, 0.15) is 12.0 Å². The van der Waals surface area contributed by atoms with Gasteiger partial charge >= 0.3 is 0 Å². The molecule has 0 saturated carbocycles. The molecule has 0 N–H and O–H groups in total. The number of pyridine rings is 1. The predicted octanol–water partition coefficient (Wildman–Crippen LogP) is 2.22. The Morgan fingerprint density at radius 1 is 1.20 bits per heavy atom. The highest BCUT2D eigenvalue weighted by molar-refractivity contribution is 7.89. The minimum atomic E-state index is -3.50. The predicted molar refractivity (Wildman–Crippen MR) is 95.5 cm³/mol. The van der Waals surface area contributed by atoms with E-state index in [0.29, 0.717) is 19.0 Å². The van der Waals surface area contributed by atoms with E-state index in [9.17, 15) is 8.42 Å². The summed E-state index contributed by atoms with van der Waals surface area (Å²) in [7, 11) is -1.73. The SMILES string of the molecule is Cn1cnc(S(=O)(=O)N2CC[C@H](Cc3ccnc4ccccc34)C2)c1. The Labute approximate surface area is 147 Å². The fraction of sp³-hybridized carbons (Fsp3) is 0.333. The van der Waals surface area contributed by atoms with Crippen LogP contribution in [-0.2, 0) is 23.5 Å². The van der Waals surface area contributed by atoms with Crippen molar-refractivity contribution in [1.29, 1.82) is 0 Å². The third-order valence-electron chi connectivity index (χ3n) is 4.78. The van der Waals surface area contributed by atoms with E-state index in [0.717, 1.165) is 23.7 Å². The van der Waals surface area contributed by atoms with Crippen LogP contribution in [-0.4, -0.2) is 40.3 Å². The highest BCUT2D eigenvalue weighted by Crippen LogP contribution is 2.28. The summed E-state index contributed by atoms with van der Waals surface area (Å²) < 4.78 is 28.6. The number of hydrogen-bond donors (Lipinski definition) is 0. The number of rotatable bonds is 4. The van der Waals surface area contributed by atoms with E-state index in [-0.39, 0.29) is 5.03 Å². The number of benzene rings is 1. The molecule has 1 aromatic carbocycles. The first-order valence-electron chi connectivity index (χ1n) is 8.35. The Bertz CT molecular complexity index is 1010. The van der Waals surface area contributed by atoms with Gasteiger partial charge in [-0.25, -0.2) is 13.4 Å². The summed E-state index contributed by atoms with van der Waals surface area (Å²) in [5.41, 5.74) is 2.21. The van der Waals surface area contributed by atoms with Gasteiger partial charge in [0.05, 0.1) is 11.8 Å². The molecular weight excluding hydrogens is 336 g/mol. The molecule has 6 nitrogen and oxygen atoms in total. The second-order valence-corrected chi connectivity index (χ2v) is 8.47. The third kappa shape index (κ3) is 3.05. The molecule has 0 aliphatic carbocycles. The van der Waals surface area contributed by atoms with Crippen LogP contribution in [0.2, 0.25) is 0 Å². The highest BCUT2D eigenvalue weighted by Gasteiger charge is 2.34. The maximum Gasteiger partial charge on any atom is 0.262 e. The average molecular weight is 356 g/mol. The number of aryl methyl sites for hydroxylation is 1. The number of imidazole rings is 1. The smallest absolute Gasteiger partial charge is 0.262 e. The zero-order valence-electron chi connectivity index (χ0n) is 14.0. The quantitative estimate of drug-likeness (QED) is 0.719. The molecule has 130 valence electrons. The fourth-order valence-corrected chi connectivity index (χ4v) is 4.98. The van der Waals surface area contributed by atoms with Crippen LogP contribution in [0.5, 0.6) is 0 Å². The van der Waals surface area contributed by atoms with Crippen LogP contribution in [0.15, 0.2) is 54.1 Å². The lowest BCUT2D eigenvalue weighted by atomic mass is 9.96. The zero-order chi connectivity index (χ0) is 17.4. The van der Waals surface area contributed by atoms with Gasteiger partial charge in [0.15, 0.2) is 5.03 Å². The highest BCUT2D eigenvalue weighted by atomic mass is 32.2. The van der Waals surface area contributed by atoms with Crippen LogP contribution in [0.3, 0.4) is 0 Å². The van der Waals surface area contributed by atoms with Crippen LogP contribution in [0, 0.1) is 5.92 Å². The van der Waals surface area contributed by atoms with Crippen LogP contribution in [0.25, 0.3) is 10.9 Å². The molecule has 0 unspecified atom stereocenters. The van der Waals surface area contributed by atoms with Gasteiger partial charge in [0.25, 0.3) is 10.0 Å². The molecule has 0 amide bonds. The summed E-state index contributed by atoms with van der Waals surface area (Å²) in [6.45, 7) is 1.09. The van der Waals surface area contributed by atoms with E-state index >= 15 is 0 Å². The summed E-state index contributed by atoms with van der Waals surface area (Å²) in [5.74, 6) is 0.310. The Morgan fingerprint density at radius 2 is 2.04 bits per heavy atom. The number of aromatic nitrogens is 3. The van der Waals surface area contributed by atoms with Gasteiger partial charge in [0, 0.05) is 37.9 Å². The Hall–Kier alpha value is -2.25. The minimum absolute atomic E-state index is 0.130. The fourth-order valence-electron chi connectivity index (χ4n) is 3.48. The lowest BCUT2D eigenvalue weighted by Gasteiger charge is -2.15. The van der Waals surface area contributed by atoms with Crippen molar-refractivity contribution in [2.75, 3.05) is 13.1 Å². The maximum atomic E-state index is 12.7. The summed E-state index contributed by atoms with van der Waals surface area (Å²) in [5, 5.41) is 1.28. The molecule has 1 fully saturated rings. The number of fused-ring (bicyclic) bond motifs is 1. The van der Waals surface area contributed by atoms with Gasteiger partial charge in [-0.15, -0.1) is 0 Å². The Balaban J connectivity index is 1.53. The Morgan fingerprint density at radius 3 is 2.84 bits per heavy atom. The van der Waals surface area contributed by atoms with Crippen molar-refractivity contribution >= 4 is 20.9 Å². The zero-order valence-corrected chi connectivity index (χ0v) is 14.9. The van der Waals surface area contributed by atoms with Gasteiger partial charge in [-0.1, -0.05) is 18.2 Å². The van der Waals surface area contributed by atoms with Crippen LogP contribution < -0.4 is 0 Å². The summed E-state index contributed by atoms with van der Waals surface area (Å²) in [6, 6.07) is 10.1. The molecule has 1 saturated heterocycles. The maximum absolute atomic E-state index is 12.7. The molecule has 0 bridgehead atoms. The molecule has 2 aromatic heterocycles. The standard InChI is InChI=1S/C18H20N4O2S/c1-21-12-18(20-13-21)25(23,24)22-9-7-14(11-22)10-15-6-8-19-17-5-3-2-4-16(15)17/h2-6,8,12-14H,7,9-11H2,1H3/t14-/m1/s1. The lowest BCUT2D eigenvalue weighted by Crippen LogP contribution is -2.29. The normalized spacial score (nSPS) is 18.8. The molecular formula is C18H20N4O2S. The van der Waals surface area contributed by atoms with Crippen LogP contribution in [0.4, 0.5) is 0 Å². The van der Waals surface area contributed by atoms with Gasteiger partial charge in [0.2, 0.25) is 0 Å². The van der Waals surface area contributed by atoms with Gasteiger partial charge in [-0.3, -0.25) is 4.98 Å². The Kier molecular flexibility index (Phi) is 4.05. The molecule has 4 rings (SSSR count). The third-order valence-corrected chi connectivity index (χ3v) is 6.53. The number of para-hydroxylation sites is 1. The first-order valence-corrected chi connectivity index (χ1v) is 9.79. The van der Waals surface area contributed by atoms with Crippen molar-refractivity contribution in [3.8, 4) is 0 Å². The molecule has 3 aromatic rings. The number of nitrogens with zero attached hydrogens (tertiary/aromatic N) is 4. The molecule has 1 aliphatic rings. The molecule has 0 radical (unpaired) electrons. The summed E-state index contributed by atoms with van der Waals surface area (Å²) in [4.78, 5) is 8.40. The minimum Gasteiger partial charge on any atom is -0.339 e. The monoisotopic (exact) mass is 356 g/mol. The van der Waals surface area contributed by atoms with Crippen molar-refractivity contribution in [2.24, 2.45) is 13.0 Å². The van der Waals surface area contributed by atoms with Gasteiger partial charge in [-0.05, 0) is 36.5 Å². The number of sulfonamides is 1. The molecule has 1 atom stereocenters. The van der Waals surface area contributed by atoms with Gasteiger partial charge in [0.1, 0.15) is 0 Å². The lowest BCUT2D eigenvalue weighted by molar-refractivity contribution is 0.454. The van der Waals surface area contributed by atoms with Crippen molar-refractivity contribution in [2.45, 2.75) is 17.9 Å². The first-order chi connectivity index (χ1) is 12.0. The average Bonchev–Trinajstić information content (AvgIpc) is 3.25. The summed E-state index contributed by atoms with van der Waals surface area (Å²) in [6.07, 6.45) is 6.62. The van der Waals surface area contributed by atoms with E-state index in [4.69, 9.17) is 0 Å². The van der Waals surface area contributed by atoms with E-state index in [2.05, 4.69) is 16.0 Å². The van der Waals surface area contributed by atoms with Crippen molar-refractivity contribution in [3.63, 3.8) is 0 Å². The van der Waals surface area contributed by atoms with Crippen molar-refractivity contribution in [3.05, 3.63) is 54.6 Å². The van der Waals surface area contributed by atoms with E-state index < -0.39 is 10.0 Å². The molecule has 7 heteroatoms. The summed E-state index contributed by atoms with van der Waals surface area (Å²) >= 11 is 0.